The monoisotopic (exact) mass is 488 g/mol. The van der Waals surface area contributed by atoms with Crippen molar-refractivity contribution in [2.75, 3.05) is 23.9 Å². The molecule has 0 radical (unpaired) electrons. The summed E-state index contributed by atoms with van der Waals surface area (Å²) in [7, 11) is 1.44. The summed E-state index contributed by atoms with van der Waals surface area (Å²) in [5.74, 6) is -1.41. The predicted molar refractivity (Wildman–Crippen MR) is 124 cm³/mol. The molecule has 0 saturated carbocycles. The highest BCUT2D eigenvalue weighted by Gasteiger charge is 2.32. The summed E-state index contributed by atoms with van der Waals surface area (Å²) in [6.45, 7) is 3.12. The molecule has 35 heavy (non-hydrogen) atoms. The first-order valence-corrected chi connectivity index (χ1v) is 10.4. The molecule has 4 N–H and O–H groups in total. The number of nitrogens with two attached hydrogens (primary N) is 1. The summed E-state index contributed by atoms with van der Waals surface area (Å²) < 4.78 is 44.5. The van der Waals surface area contributed by atoms with Crippen molar-refractivity contribution in [3.05, 3.63) is 71.0 Å². The molecule has 0 aliphatic heterocycles. The van der Waals surface area contributed by atoms with Gasteiger partial charge in [-0.25, -0.2) is 9.59 Å². The lowest BCUT2D eigenvalue weighted by Gasteiger charge is -2.19. The minimum atomic E-state index is -4.54. The van der Waals surface area contributed by atoms with Crippen molar-refractivity contribution in [2.45, 2.75) is 20.0 Å². The van der Waals surface area contributed by atoms with E-state index in [1.54, 1.807) is 31.2 Å². The van der Waals surface area contributed by atoms with Crippen LogP contribution in [-0.4, -0.2) is 36.5 Å². The van der Waals surface area contributed by atoms with Crippen molar-refractivity contribution < 1.29 is 32.3 Å². The number of aromatic amines is 1. The van der Waals surface area contributed by atoms with Crippen LogP contribution in [0.1, 0.15) is 38.9 Å². The maximum Gasteiger partial charge on any atom is 0.416 e. The van der Waals surface area contributed by atoms with E-state index in [0.717, 1.165) is 6.07 Å². The molecule has 0 fully saturated rings. The van der Waals surface area contributed by atoms with Gasteiger partial charge in [0, 0.05) is 30.2 Å². The van der Waals surface area contributed by atoms with Gasteiger partial charge >= 0.3 is 18.2 Å². The predicted octanol–water partition coefficient (Wildman–Crippen LogP) is 4.95. The van der Waals surface area contributed by atoms with Gasteiger partial charge in [0.15, 0.2) is 0 Å². The van der Waals surface area contributed by atoms with E-state index in [1.165, 1.54) is 37.2 Å². The number of esters is 1. The molecule has 1 aromatic heterocycles. The molecule has 3 rings (SSSR count). The fraction of sp³-hybridized carbons (Fsp3) is 0.208. The summed E-state index contributed by atoms with van der Waals surface area (Å²) in [5.41, 5.74) is 5.90. The molecular formula is C24H23F3N4O4. The summed E-state index contributed by atoms with van der Waals surface area (Å²) in [5, 5.41) is 2.44. The number of benzene rings is 2. The molecule has 0 aliphatic carbocycles. The van der Waals surface area contributed by atoms with Gasteiger partial charge in [0.05, 0.1) is 17.7 Å². The molecule has 0 aliphatic rings. The van der Waals surface area contributed by atoms with Crippen LogP contribution in [0.25, 0.3) is 11.1 Å². The number of hydrogen-bond donors (Lipinski definition) is 3. The Labute approximate surface area is 198 Å². The minimum Gasteiger partial charge on any atom is -0.462 e. The van der Waals surface area contributed by atoms with E-state index in [2.05, 4.69) is 10.3 Å². The zero-order valence-electron chi connectivity index (χ0n) is 19.1. The third-order valence-corrected chi connectivity index (χ3v) is 5.26. The van der Waals surface area contributed by atoms with Crippen molar-refractivity contribution in [3.8, 4) is 11.1 Å². The Morgan fingerprint density at radius 3 is 2.34 bits per heavy atom. The first kappa shape index (κ1) is 25.3. The molecule has 0 unspecified atom stereocenters. The van der Waals surface area contributed by atoms with Crippen molar-refractivity contribution >= 4 is 29.3 Å². The van der Waals surface area contributed by atoms with E-state index in [1.807, 2.05) is 0 Å². The first-order chi connectivity index (χ1) is 16.4. The molecular weight excluding hydrogens is 465 g/mol. The van der Waals surface area contributed by atoms with Crippen LogP contribution in [0.4, 0.5) is 29.3 Å². The van der Waals surface area contributed by atoms with Crippen molar-refractivity contribution in [1.82, 2.24) is 4.98 Å². The second-order valence-corrected chi connectivity index (χ2v) is 7.60. The summed E-state index contributed by atoms with van der Waals surface area (Å²) in [4.78, 5) is 40.7. The number of hydrogen-bond acceptors (Lipinski definition) is 4. The van der Waals surface area contributed by atoms with Gasteiger partial charge in [0.1, 0.15) is 5.69 Å². The fourth-order valence-corrected chi connectivity index (χ4v) is 3.47. The van der Waals surface area contributed by atoms with E-state index in [4.69, 9.17) is 10.5 Å². The van der Waals surface area contributed by atoms with Gasteiger partial charge in [-0.3, -0.25) is 9.69 Å². The number of aryl methyl sites for hydroxylation is 1. The lowest BCUT2D eigenvalue weighted by Crippen LogP contribution is -2.31. The number of aromatic nitrogens is 1. The van der Waals surface area contributed by atoms with Crippen LogP contribution < -0.4 is 16.0 Å². The standard InChI is InChI=1S/C24H23F3N4O4/c1-4-35-22(33)17-12-29-20(21(28)32)19(17)14-6-9-16(10-7-14)31(3)23(34)30-15-8-5-13(2)18(11-15)24(25,26)27/h5-12,29H,4H2,1-3H3,(H2,28,32)(H,30,34). The topological polar surface area (TPSA) is 118 Å². The lowest BCUT2D eigenvalue weighted by atomic mass is 10.0. The largest absolute Gasteiger partial charge is 0.462 e. The van der Waals surface area contributed by atoms with Crippen LogP contribution >= 0.6 is 0 Å². The molecule has 8 nitrogen and oxygen atoms in total. The number of rotatable bonds is 6. The highest BCUT2D eigenvalue weighted by molar-refractivity contribution is 6.07. The van der Waals surface area contributed by atoms with E-state index in [-0.39, 0.29) is 34.7 Å². The number of nitrogens with zero attached hydrogens (tertiary/aromatic N) is 1. The molecule has 0 saturated heterocycles. The number of carbonyl (C=O) groups is 3. The SMILES string of the molecule is CCOC(=O)c1c[nH]c(C(N)=O)c1-c1ccc(N(C)C(=O)Nc2ccc(C)c(C(F)(F)F)c2)cc1. The van der Waals surface area contributed by atoms with Crippen LogP contribution in [0.5, 0.6) is 0 Å². The van der Waals surface area contributed by atoms with Gasteiger partial charge in [-0.05, 0) is 49.2 Å². The molecule has 0 spiro atoms. The smallest absolute Gasteiger partial charge is 0.416 e. The fourth-order valence-electron chi connectivity index (χ4n) is 3.47. The Hall–Kier alpha value is -4.28. The number of amides is 3. The maximum atomic E-state index is 13.2. The van der Waals surface area contributed by atoms with Crippen LogP contribution in [0.3, 0.4) is 0 Å². The zero-order chi connectivity index (χ0) is 25.9. The molecule has 3 aromatic rings. The molecule has 11 heteroatoms. The van der Waals surface area contributed by atoms with Crippen molar-refractivity contribution in [2.24, 2.45) is 5.73 Å². The van der Waals surface area contributed by atoms with Crippen LogP contribution in [0.2, 0.25) is 0 Å². The second-order valence-electron chi connectivity index (χ2n) is 7.60. The number of carbonyl (C=O) groups excluding carboxylic acids is 3. The summed E-state index contributed by atoms with van der Waals surface area (Å²) >= 11 is 0. The molecule has 1 heterocycles. The number of ether oxygens (including phenoxy) is 1. The van der Waals surface area contributed by atoms with E-state index in [0.29, 0.717) is 11.3 Å². The number of H-pyrrole nitrogens is 1. The van der Waals surface area contributed by atoms with Gasteiger partial charge in [0.25, 0.3) is 5.91 Å². The van der Waals surface area contributed by atoms with Crippen molar-refractivity contribution in [3.63, 3.8) is 0 Å². The van der Waals surface area contributed by atoms with Crippen LogP contribution in [0, 0.1) is 6.92 Å². The average Bonchev–Trinajstić information content (AvgIpc) is 3.25. The Morgan fingerprint density at radius 1 is 1.11 bits per heavy atom. The highest BCUT2D eigenvalue weighted by atomic mass is 19.4. The Kier molecular flexibility index (Phi) is 7.18. The second kappa shape index (κ2) is 9.92. The third-order valence-electron chi connectivity index (χ3n) is 5.26. The molecule has 0 atom stereocenters. The van der Waals surface area contributed by atoms with E-state index in [9.17, 15) is 27.6 Å². The van der Waals surface area contributed by atoms with Gasteiger partial charge in [0.2, 0.25) is 0 Å². The quantitative estimate of drug-likeness (QED) is 0.426. The number of anilines is 2. The minimum absolute atomic E-state index is 0.00565. The number of nitrogens with one attached hydrogen (secondary N) is 2. The third kappa shape index (κ3) is 5.45. The van der Waals surface area contributed by atoms with E-state index >= 15 is 0 Å². The molecule has 2 aromatic carbocycles. The van der Waals surface area contributed by atoms with Crippen LogP contribution in [0.15, 0.2) is 48.7 Å². The maximum absolute atomic E-state index is 13.2. The first-order valence-electron chi connectivity index (χ1n) is 10.4. The molecule has 3 amide bonds. The highest BCUT2D eigenvalue weighted by Crippen LogP contribution is 2.34. The number of alkyl halides is 3. The lowest BCUT2D eigenvalue weighted by molar-refractivity contribution is -0.138. The normalized spacial score (nSPS) is 11.1. The Balaban J connectivity index is 1.85. The van der Waals surface area contributed by atoms with Gasteiger partial charge < -0.3 is 20.8 Å². The zero-order valence-corrected chi connectivity index (χ0v) is 19.1. The van der Waals surface area contributed by atoms with Gasteiger partial charge in [-0.15, -0.1) is 0 Å². The number of urea groups is 1. The molecule has 0 bridgehead atoms. The Bertz CT molecular complexity index is 1270. The Morgan fingerprint density at radius 2 is 1.77 bits per heavy atom. The number of halogens is 3. The van der Waals surface area contributed by atoms with Gasteiger partial charge in [-0.1, -0.05) is 18.2 Å². The van der Waals surface area contributed by atoms with Crippen LogP contribution in [-0.2, 0) is 10.9 Å². The summed E-state index contributed by atoms with van der Waals surface area (Å²) in [6, 6.07) is 9.13. The summed E-state index contributed by atoms with van der Waals surface area (Å²) in [6.07, 6.45) is -3.21. The number of primary amides is 1. The van der Waals surface area contributed by atoms with Gasteiger partial charge in [-0.2, -0.15) is 13.2 Å². The average molecular weight is 488 g/mol. The molecule has 184 valence electrons. The van der Waals surface area contributed by atoms with Crippen molar-refractivity contribution in [1.29, 1.82) is 0 Å². The van der Waals surface area contributed by atoms with E-state index < -0.39 is 29.6 Å².